The molecule has 1 aromatic rings. The molecule has 7 heteroatoms. The van der Waals surface area contributed by atoms with Gasteiger partial charge >= 0.3 is 5.97 Å². The van der Waals surface area contributed by atoms with Crippen molar-refractivity contribution in [3.05, 3.63) is 29.2 Å². The Morgan fingerprint density at radius 3 is 2.95 bits per heavy atom. The van der Waals surface area contributed by atoms with Gasteiger partial charge < -0.3 is 14.5 Å². The van der Waals surface area contributed by atoms with Crippen molar-refractivity contribution < 1.29 is 14.3 Å². The summed E-state index contributed by atoms with van der Waals surface area (Å²) in [6.45, 7) is 4.31. The fourth-order valence-electron chi connectivity index (χ4n) is 2.12. The number of ether oxygens (including phenoxy) is 2. The van der Waals surface area contributed by atoms with Gasteiger partial charge in [0.15, 0.2) is 18.1 Å². The molecule has 116 valence electrons. The first-order valence-corrected chi connectivity index (χ1v) is 6.92. The maximum absolute atomic E-state index is 11.3. The van der Waals surface area contributed by atoms with Crippen LogP contribution in [0.4, 0.5) is 0 Å². The standard InChI is InChI=1S/C15H18N4O3/c1-4-21-14(20)9-22-13-5-10(2)15(18-12(13)6-16)11-7-17-19(3)8-11/h5,8,17H,4,7,9H2,1-3H3. The molecule has 1 aliphatic heterocycles. The third-order valence-corrected chi connectivity index (χ3v) is 3.11. The van der Waals surface area contributed by atoms with E-state index in [-0.39, 0.29) is 24.7 Å². The second-order valence-corrected chi connectivity index (χ2v) is 4.81. The molecule has 2 rings (SSSR count). The molecule has 0 aromatic carbocycles. The van der Waals surface area contributed by atoms with Crippen LogP contribution in [0.2, 0.25) is 0 Å². The van der Waals surface area contributed by atoms with E-state index in [0.29, 0.717) is 6.54 Å². The van der Waals surface area contributed by atoms with Crippen molar-refractivity contribution >= 4 is 11.5 Å². The van der Waals surface area contributed by atoms with Crippen LogP contribution >= 0.6 is 0 Å². The van der Waals surface area contributed by atoms with E-state index >= 15 is 0 Å². The van der Waals surface area contributed by atoms with Gasteiger partial charge in [-0.1, -0.05) is 0 Å². The summed E-state index contributed by atoms with van der Waals surface area (Å²) in [4.78, 5) is 15.7. The lowest BCUT2D eigenvalue weighted by Gasteiger charge is -2.11. The van der Waals surface area contributed by atoms with Gasteiger partial charge in [-0.2, -0.15) is 5.26 Å². The first-order chi connectivity index (χ1) is 10.5. The molecule has 0 unspecified atom stereocenters. The quantitative estimate of drug-likeness (QED) is 0.812. The zero-order chi connectivity index (χ0) is 16.1. The van der Waals surface area contributed by atoms with Crippen LogP contribution in [0.15, 0.2) is 12.3 Å². The molecular weight excluding hydrogens is 284 g/mol. The summed E-state index contributed by atoms with van der Waals surface area (Å²) in [5, 5.41) is 11.1. The zero-order valence-corrected chi connectivity index (χ0v) is 12.8. The number of nitrogens with one attached hydrogen (secondary N) is 1. The highest BCUT2D eigenvalue weighted by Gasteiger charge is 2.18. The molecule has 0 saturated heterocycles. The van der Waals surface area contributed by atoms with Gasteiger partial charge in [-0.3, -0.25) is 0 Å². The largest absolute Gasteiger partial charge is 0.479 e. The van der Waals surface area contributed by atoms with Crippen LogP contribution in [0.5, 0.6) is 5.75 Å². The number of esters is 1. The highest BCUT2D eigenvalue weighted by Crippen LogP contribution is 2.25. The molecule has 0 fully saturated rings. The Bertz CT molecular complexity index is 649. The molecule has 0 spiro atoms. The minimum absolute atomic E-state index is 0.153. The number of aryl methyl sites for hydroxylation is 1. The highest BCUT2D eigenvalue weighted by atomic mass is 16.6. The van der Waals surface area contributed by atoms with Gasteiger partial charge in [0, 0.05) is 25.4 Å². The van der Waals surface area contributed by atoms with Gasteiger partial charge in [-0.15, -0.1) is 0 Å². The summed E-state index contributed by atoms with van der Waals surface area (Å²) in [7, 11) is 1.89. The molecule has 0 saturated carbocycles. The number of nitrogens with zero attached hydrogens (tertiary/aromatic N) is 3. The molecule has 0 atom stereocenters. The smallest absolute Gasteiger partial charge is 0.344 e. The predicted molar refractivity (Wildman–Crippen MR) is 79.6 cm³/mol. The number of pyridine rings is 1. The average Bonchev–Trinajstić information content (AvgIpc) is 2.91. The third kappa shape index (κ3) is 3.54. The fraction of sp³-hybridized carbons (Fsp3) is 0.400. The molecule has 2 heterocycles. The van der Waals surface area contributed by atoms with Crippen molar-refractivity contribution in [2.45, 2.75) is 13.8 Å². The van der Waals surface area contributed by atoms with Crippen LogP contribution in [-0.4, -0.2) is 42.8 Å². The van der Waals surface area contributed by atoms with E-state index in [4.69, 9.17) is 9.47 Å². The van der Waals surface area contributed by atoms with Crippen LogP contribution in [0.3, 0.4) is 0 Å². The number of hydrazine groups is 1. The van der Waals surface area contributed by atoms with Crippen LogP contribution in [-0.2, 0) is 9.53 Å². The predicted octanol–water partition coefficient (Wildman–Crippen LogP) is 0.994. The Morgan fingerprint density at radius 2 is 2.36 bits per heavy atom. The highest BCUT2D eigenvalue weighted by molar-refractivity contribution is 5.71. The monoisotopic (exact) mass is 302 g/mol. The molecule has 7 nitrogen and oxygen atoms in total. The lowest BCUT2D eigenvalue weighted by atomic mass is 10.1. The normalized spacial score (nSPS) is 13.5. The number of nitriles is 1. The number of rotatable bonds is 5. The molecule has 22 heavy (non-hydrogen) atoms. The maximum Gasteiger partial charge on any atom is 0.344 e. The lowest BCUT2D eigenvalue weighted by molar-refractivity contribution is -0.145. The summed E-state index contributed by atoms with van der Waals surface area (Å²) < 4.78 is 10.2. The second-order valence-electron chi connectivity index (χ2n) is 4.81. The summed E-state index contributed by atoms with van der Waals surface area (Å²) in [6.07, 6.45) is 1.93. The Labute approximate surface area is 129 Å². The maximum atomic E-state index is 11.3. The summed E-state index contributed by atoms with van der Waals surface area (Å²) in [5.74, 6) is -0.186. The average molecular weight is 302 g/mol. The Balaban J connectivity index is 2.23. The SMILES string of the molecule is CCOC(=O)COc1cc(C)c(C2=CN(C)NC2)nc1C#N. The second kappa shape index (κ2) is 6.91. The van der Waals surface area contributed by atoms with Crippen molar-refractivity contribution in [2.75, 3.05) is 26.8 Å². The molecule has 0 aliphatic carbocycles. The minimum atomic E-state index is -0.475. The van der Waals surface area contributed by atoms with Crippen LogP contribution in [0, 0.1) is 18.3 Å². The summed E-state index contributed by atoms with van der Waals surface area (Å²) >= 11 is 0. The van der Waals surface area contributed by atoms with E-state index in [1.165, 1.54) is 0 Å². The van der Waals surface area contributed by atoms with Crippen LogP contribution in [0.25, 0.3) is 5.57 Å². The summed E-state index contributed by atoms with van der Waals surface area (Å²) in [6, 6.07) is 3.73. The minimum Gasteiger partial charge on any atom is -0.479 e. The van der Waals surface area contributed by atoms with Crippen molar-refractivity contribution in [1.29, 1.82) is 5.26 Å². The van der Waals surface area contributed by atoms with Crippen molar-refractivity contribution in [1.82, 2.24) is 15.4 Å². The summed E-state index contributed by atoms with van der Waals surface area (Å²) in [5.41, 5.74) is 5.90. The van der Waals surface area contributed by atoms with Crippen molar-refractivity contribution in [2.24, 2.45) is 0 Å². The van der Waals surface area contributed by atoms with Crippen LogP contribution < -0.4 is 10.2 Å². The van der Waals surface area contributed by atoms with Gasteiger partial charge in [-0.05, 0) is 25.5 Å². The Kier molecular flexibility index (Phi) is 4.96. The van der Waals surface area contributed by atoms with Gasteiger partial charge in [0.1, 0.15) is 6.07 Å². The molecule has 1 aromatic heterocycles. The molecule has 0 amide bonds. The van der Waals surface area contributed by atoms with E-state index in [2.05, 4.69) is 10.4 Å². The third-order valence-electron chi connectivity index (χ3n) is 3.11. The van der Waals surface area contributed by atoms with E-state index < -0.39 is 5.97 Å². The molecule has 1 aliphatic rings. The number of carbonyl (C=O) groups excluding carboxylic acids is 1. The first-order valence-electron chi connectivity index (χ1n) is 6.92. The van der Waals surface area contributed by atoms with Gasteiger partial charge in [0.05, 0.1) is 12.3 Å². The topological polar surface area (TPSA) is 87.5 Å². The van der Waals surface area contributed by atoms with Crippen molar-refractivity contribution in [3.8, 4) is 11.8 Å². The molecular formula is C15H18N4O3. The lowest BCUT2D eigenvalue weighted by Crippen LogP contribution is -2.23. The fourth-order valence-corrected chi connectivity index (χ4v) is 2.12. The van der Waals surface area contributed by atoms with Gasteiger partial charge in [0.2, 0.25) is 0 Å². The zero-order valence-electron chi connectivity index (χ0n) is 12.8. The van der Waals surface area contributed by atoms with E-state index in [1.54, 1.807) is 13.0 Å². The number of carbonyl (C=O) groups is 1. The van der Waals surface area contributed by atoms with Crippen LogP contribution in [0.1, 0.15) is 23.9 Å². The number of aromatic nitrogens is 1. The molecule has 0 radical (unpaired) electrons. The molecule has 0 bridgehead atoms. The number of hydrogen-bond acceptors (Lipinski definition) is 7. The van der Waals surface area contributed by atoms with Crippen molar-refractivity contribution in [3.63, 3.8) is 0 Å². The van der Waals surface area contributed by atoms with Gasteiger partial charge in [-0.25, -0.2) is 15.2 Å². The van der Waals surface area contributed by atoms with E-state index in [1.807, 2.05) is 31.2 Å². The Morgan fingerprint density at radius 1 is 1.59 bits per heavy atom. The first kappa shape index (κ1) is 15.8. The molecule has 1 N–H and O–H groups in total. The van der Waals surface area contributed by atoms with E-state index in [9.17, 15) is 10.1 Å². The van der Waals surface area contributed by atoms with E-state index in [0.717, 1.165) is 16.8 Å². The van der Waals surface area contributed by atoms with Gasteiger partial charge in [0.25, 0.3) is 0 Å². The Hall–Kier alpha value is -2.59. The number of hydrogen-bond donors (Lipinski definition) is 1.